The second kappa shape index (κ2) is 7.34. The Balaban J connectivity index is 2.73. The lowest BCUT2D eigenvalue weighted by Gasteiger charge is -2.28. The molecule has 1 heterocycles. The third kappa shape index (κ3) is 4.39. The van der Waals surface area contributed by atoms with Gasteiger partial charge < -0.3 is 19.6 Å². The number of carboxylic acid groups (broad SMARTS) is 1. The molecule has 0 aliphatic carbocycles. The molecule has 1 aliphatic heterocycles. The summed E-state index contributed by atoms with van der Waals surface area (Å²) in [5.41, 5.74) is 0. The van der Waals surface area contributed by atoms with Crippen LogP contribution < -0.4 is 0 Å². The van der Waals surface area contributed by atoms with Crippen molar-refractivity contribution in [2.24, 2.45) is 0 Å². The number of methoxy groups -OCH3 is 1. The summed E-state index contributed by atoms with van der Waals surface area (Å²) >= 11 is 1.49. The van der Waals surface area contributed by atoms with Gasteiger partial charge in [-0.05, 0) is 0 Å². The molecule has 1 aliphatic rings. The van der Waals surface area contributed by atoms with Crippen LogP contribution in [0, 0.1) is 0 Å². The van der Waals surface area contributed by atoms with E-state index in [0.717, 1.165) is 0 Å². The average molecular weight is 290 g/mol. The summed E-state index contributed by atoms with van der Waals surface area (Å²) in [5, 5.41) is 8.83. The van der Waals surface area contributed by atoms with Gasteiger partial charge in [0.2, 0.25) is 11.8 Å². The number of hydrogen-bond donors (Lipinski definition) is 1. The van der Waals surface area contributed by atoms with E-state index in [-0.39, 0.29) is 31.5 Å². The van der Waals surface area contributed by atoms with Gasteiger partial charge in [0.15, 0.2) is 0 Å². The first-order chi connectivity index (χ1) is 8.97. The molecule has 0 saturated carbocycles. The summed E-state index contributed by atoms with van der Waals surface area (Å²) in [6.07, 6.45) is 0. The summed E-state index contributed by atoms with van der Waals surface area (Å²) in [7, 11) is 1.48. The van der Waals surface area contributed by atoms with Crippen molar-refractivity contribution in [1.82, 2.24) is 9.80 Å². The fourth-order valence-corrected chi connectivity index (χ4v) is 3.01. The Morgan fingerprint density at radius 2 is 2.16 bits per heavy atom. The number of carbonyl (C=O) groups is 3. The summed E-state index contributed by atoms with van der Waals surface area (Å²) in [6.45, 7) is 1.49. The van der Waals surface area contributed by atoms with E-state index in [0.29, 0.717) is 11.6 Å². The monoisotopic (exact) mass is 290 g/mol. The number of thioether (sulfide) groups is 1. The molecule has 8 heteroatoms. The van der Waals surface area contributed by atoms with Crippen molar-refractivity contribution in [3.8, 4) is 0 Å². The SMILES string of the molecule is COCCN(CC(=O)O)C(=O)[C@@H]1CSCN1C(C)=O. The maximum absolute atomic E-state index is 12.3. The van der Waals surface area contributed by atoms with Crippen LogP contribution in [0.3, 0.4) is 0 Å². The summed E-state index contributed by atoms with van der Waals surface area (Å²) in [6, 6.07) is -0.571. The van der Waals surface area contributed by atoms with Gasteiger partial charge in [0, 0.05) is 26.3 Å². The lowest BCUT2D eigenvalue weighted by Crippen LogP contribution is -2.50. The van der Waals surface area contributed by atoms with Crippen molar-refractivity contribution >= 4 is 29.5 Å². The molecule has 108 valence electrons. The highest BCUT2D eigenvalue weighted by Crippen LogP contribution is 2.22. The zero-order valence-electron chi connectivity index (χ0n) is 11.0. The van der Waals surface area contributed by atoms with Crippen molar-refractivity contribution in [3.63, 3.8) is 0 Å². The van der Waals surface area contributed by atoms with Gasteiger partial charge in [-0.25, -0.2) is 0 Å². The van der Waals surface area contributed by atoms with Crippen LogP contribution in [0.25, 0.3) is 0 Å². The second-order valence-corrected chi connectivity index (χ2v) is 5.15. The average Bonchev–Trinajstić information content (AvgIpc) is 2.82. The molecule has 1 rings (SSSR count). The van der Waals surface area contributed by atoms with E-state index in [9.17, 15) is 14.4 Å². The molecule has 0 unspecified atom stereocenters. The molecule has 2 amide bonds. The van der Waals surface area contributed by atoms with Crippen molar-refractivity contribution in [2.75, 3.05) is 38.4 Å². The molecule has 1 saturated heterocycles. The number of nitrogens with zero attached hydrogens (tertiary/aromatic N) is 2. The Labute approximate surface area is 115 Å². The molecule has 1 N–H and O–H groups in total. The number of carboxylic acids is 1. The number of amides is 2. The summed E-state index contributed by atoms with van der Waals surface area (Å²) < 4.78 is 4.87. The van der Waals surface area contributed by atoms with Crippen LogP contribution >= 0.6 is 11.8 Å². The van der Waals surface area contributed by atoms with Crippen molar-refractivity contribution in [2.45, 2.75) is 13.0 Å². The molecule has 0 radical (unpaired) electrons. The minimum absolute atomic E-state index is 0.176. The lowest BCUT2D eigenvalue weighted by molar-refractivity contribution is -0.148. The molecule has 19 heavy (non-hydrogen) atoms. The molecule has 1 atom stereocenters. The van der Waals surface area contributed by atoms with Gasteiger partial charge in [-0.2, -0.15) is 0 Å². The van der Waals surface area contributed by atoms with Crippen molar-refractivity contribution in [3.05, 3.63) is 0 Å². The molecule has 0 spiro atoms. The number of hydrogen-bond acceptors (Lipinski definition) is 5. The Morgan fingerprint density at radius 1 is 1.47 bits per heavy atom. The van der Waals surface area contributed by atoms with E-state index in [1.165, 1.54) is 35.6 Å². The van der Waals surface area contributed by atoms with Crippen LogP contribution in [0.15, 0.2) is 0 Å². The summed E-state index contributed by atoms with van der Waals surface area (Å²) in [5.74, 6) is -0.618. The molecule has 7 nitrogen and oxygen atoms in total. The van der Waals surface area contributed by atoms with Gasteiger partial charge in [0.1, 0.15) is 12.6 Å². The first-order valence-corrected chi connectivity index (χ1v) is 6.97. The molecule has 0 aromatic rings. The fraction of sp³-hybridized carbons (Fsp3) is 0.727. The highest BCUT2D eigenvalue weighted by molar-refractivity contribution is 7.99. The topological polar surface area (TPSA) is 87.2 Å². The van der Waals surface area contributed by atoms with Gasteiger partial charge in [0.25, 0.3) is 0 Å². The van der Waals surface area contributed by atoms with Crippen LogP contribution in [-0.4, -0.2) is 77.2 Å². The van der Waals surface area contributed by atoms with Gasteiger partial charge in [-0.1, -0.05) is 0 Å². The number of aliphatic carboxylic acids is 1. The largest absolute Gasteiger partial charge is 0.480 e. The van der Waals surface area contributed by atoms with Gasteiger partial charge in [0.05, 0.1) is 12.5 Å². The van der Waals surface area contributed by atoms with E-state index in [4.69, 9.17) is 9.84 Å². The Morgan fingerprint density at radius 3 is 2.68 bits per heavy atom. The predicted octanol–water partition coefficient (Wildman–Crippen LogP) is -0.533. The van der Waals surface area contributed by atoms with Gasteiger partial charge in [-0.3, -0.25) is 14.4 Å². The number of ether oxygens (including phenoxy) is 1. The zero-order valence-corrected chi connectivity index (χ0v) is 11.8. The lowest BCUT2D eigenvalue weighted by atomic mass is 10.2. The predicted molar refractivity (Wildman–Crippen MR) is 69.7 cm³/mol. The van der Waals surface area contributed by atoms with E-state index in [1.54, 1.807) is 0 Å². The third-order valence-electron chi connectivity index (χ3n) is 2.77. The van der Waals surface area contributed by atoms with E-state index >= 15 is 0 Å². The fourth-order valence-electron chi connectivity index (χ4n) is 1.80. The van der Waals surface area contributed by atoms with Gasteiger partial charge >= 0.3 is 5.97 Å². The normalized spacial score (nSPS) is 18.4. The molecular weight excluding hydrogens is 272 g/mol. The third-order valence-corrected chi connectivity index (χ3v) is 3.79. The highest BCUT2D eigenvalue weighted by Gasteiger charge is 2.36. The first kappa shape index (κ1) is 15.8. The molecule has 0 aromatic carbocycles. The van der Waals surface area contributed by atoms with Crippen LogP contribution in [0.1, 0.15) is 6.92 Å². The standard InChI is InChI=1S/C11H18N2O5S/c1-8(14)13-7-19-6-9(13)11(17)12(3-4-18-2)5-10(15)16/h9H,3-7H2,1-2H3,(H,15,16)/t9-/m0/s1. The van der Waals surface area contributed by atoms with Crippen LogP contribution in [0.5, 0.6) is 0 Å². The maximum atomic E-state index is 12.3. The van der Waals surface area contributed by atoms with Crippen LogP contribution in [0.4, 0.5) is 0 Å². The minimum Gasteiger partial charge on any atom is -0.480 e. The van der Waals surface area contributed by atoms with E-state index in [2.05, 4.69) is 0 Å². The van der Waals surface area contributed by atoms with Crippen LogP contribution in [-0.2, 0) is 19.1 Å². The van der Waals surface area contributed by atoms with E-state index < -0.39 is 12.0 Å². The smallest absolute Gasteiger partial charge is 0.323 e. The van der Waals surface area contributed by atoms with Gasteiger partial charge in [-0.15, -0.1) is 11.8 Å². The Kier molecular flexibility index (Phi) is 6.10. The summed E-state index contributed by atoms with van der Waals surface area (Å²) in [4.78, 5) is 37.2. The minimum atomic E-state index is -1.08. The van der Waals surface area contributed by atoms with Crippen LogP contribution in [0.2, 0.25) is 0 Å². The zero-order chi connectivity index (χ0) is 14.4. The number of rotatable bonds is 6. The van der Waals surface area contributed by atoms with E-state index in [1.807, 2.05) is 0 Å². The molecule has 1 fully saturated rings. The first-order valence-electron chi connectivity index (χ1n) is 5.81. The molecule has 0 bridgehead atoms. The van der Waals surface area contributed by atoms with Crippen molar-refractivity contribution < 1.29 is 24.2 Å². The molecule has 0 aromatic heterocycles. The highest BCUT2D eigenvalue weighted by atomic mass is 32.2. The Hall–Kier alpha value is -1.28. The number of carbonyl (C=O) groups excluding carboxylic acids is 2. The Bertz CT molecular complexity index is 363. The quantitative estimate of drug-likeness (QED) is 0.707. The maximum Gasteiger partial charge on any atom is 0.323 e. The molecular formula is C11H18N2O5S. The van der Waals surface area contributed by atoms with Crippen molar-refractivity contribution in [1.29, 1.82) is 0 Å². The second-order valence-electron chi connectivity index (χ2n) is 4.15.